The summed E-state index contributed by atoms with van der Waals surface area (Å²) in [5.41, 5.74) is 7.38. The van der Waals surface area contributed by atoms with Crippen molar-refractivity contribution in [2.24, 2.45) is 0 Å². The van der Waals surface area contributed by atoms with Crippen LogP contribution < -0.4 is 10.5 Å². The minimum Gasteiger partial charge on any atom is -0.397 e. The minimum atomic E-state index is -3.63. The van der Waals surface area contributed by atoms with Crippen LogP contribution in [-0.4, -0.2) is 13.4 Å². The van der Waals surface area contributed by atoms with Gasteiger partial charge in [0, 0.05) is 18.9 Å². The zero-order valence-electron chi connectivity index (χ0n) is 10.8. The lowest BCUT2D eigenvalue weighted by atomic mass is 10.2. The number of halogens is 1. The Morgan fingerprint density at radius 2 is 1.95 bits per heavy atom. The third kappa shape index (κ3) is 3.27. The Labute approximate surface area is 122 Å². The van der Waals surface area contributed by atoms with Crippen LogP contribution >= 0.6 is 11.6 Å². The molecule has 0 aliphatic rings. The molecular formula is C13H14ClN3O2S. The largest absolute Gasteiger partial charge is 0.397 e. The molecule has 0 bridgehead atoms. The van der Waals surface area contributed by atoms with E-state index >= 15 is 0 Å². The molecule has 0 atom stereocenters. The molecule has 0 unspecified atom stereocenters. The van der Waals surface area contributed by atoms with E-state index in [9.17, 15) is 8.42 Å². The highest BCUT2D eigenvalue weighted by molar-refractivity contribution is 7.89. The lowest BCUT2D eigenvalue weighted by Crippen LogP contribution is -2.23. The zero-order valence-corrected chi connectivity index (χ0v) is 12.4. The van der Waals surface area contributed by atoms with E-state index in [1.807, 2.05) is 0 Å². The van der Waals surface area contributed by atoms with Crippen LogP contribution in [0, 0.1) is 6.92 Å². The lowest BCUT2D eigenvalue weighted by Gasteiger charge is -2.10. The monoisotopic (exact) mass is 311 g/mol. The highest BCUT2D eigenvalue weighted by atomic mass is 35.5. The molecule has 7 heteroatoms. The second-order valence-corrected chi connectivity index (χ2v) is 6.47. The van der Waals surface area contributed by atoms with Crippen molar-refractivity contribution < 1.29 is 8.42 Å². The van der Waals surface area contributed by atoms with Gasteiger partial charge in [-0.15, -0.1) is 0 Å². The highest BCUT2D eigenvalue weighted by Gasteiger charge is 2.16. The SMILES string of the molecule is Cc1cc(S(=O)(=O)NCc2ccncc2)cc(N)c1Cl. The first-order valence-corrected chi connectivity index (χ1v) is 7.70. The Bertz CT molecular complexity index is 695. The molecular weight excluding hydrogens is 298 g/mol. The van der Waals surface area contributed by atoms with E-state index in [-0.39, 0.29) is 17.1 Å². The van der Waals surface area contributed by atoms with Gasteiger partial charge >= 0.3 is 0 Å². The number of hydrogen-bond acceptors (Lipinski definition) is 4. The molecule has 1 heterocycles. The molecule has 0 fully saturated rings. The van der Waals surface area contributed by atoms with E-state index in [4.69, 9.17) is 17.3 Å². The van der Waals surface area contributed by atoms with Gasteiger partial charge < -0.3 is 5.73 Å². The fraction of sp³-hybridized carbons (Fsp3) is 0.154. The van der Waals surface area contributed by atoms with Crippen LogP contribution in [0.3, 0.4) is 0 Å². The molecule has 0 spiro atoms. The second kappa shape index (κ2) is 5.78. The number of anilines is 1. The van der Waals surface area contributed by atoms with Crippen molar-refractivity contribution >= 4 is 27.3 Å². The van der Waals surface area contributed by atoms with Crippen LogP contribution in [0.4, 0.5) is 5.69 Å². The Balaban J connectivity index is 2.23. The number of nitrogen functional groups attached to an aromatic ring is 1. The van der Waals surface area contributed by atoms with E-state index in [1.54, 1.807) is 31.5 Å². The molecule has 3 N–H and O–H groups in total. The van der Waals surface area contributed by atoms with E-state index < -0.39 is 10.0 Å². The van der Waals surface area contributed by atoms with Crippen molar-refractivity contribution in [1.29, 1.82) is 0 Å². The Hall–Kier alpha value is -1.63. The fourth-order valence-electron chi connectivity index (χ4n) is 1.68. The Morgan fingerprint density at radius 3 is 2.55 bits per heavy atom. The van der Waals surface area contributed by atoms with Gasteiger partial charge in [-0.3, -0.25) is 4.98 Å². The maximum absolute atomic E-state index is 12.2. The van der Waals surface area contributed by atoms with Gasteiger partial charge in [0.05, 0.1) is 15.6 Å². The van der Waals surface area contributed by atoms with Gasteiger partial charge in [-0.2, -0.15) is 0 Å². The molecule has 0 saturated carbocycles. The lowest BCUT2D eigenvalue weighted by molar-refractivity contribution is 0.581. The van der Waals surface area contributed by atoms with Gasteiger partial charge in [0.2, 0.25) is 10.0 Å². The normalized spacial score (nSPS) is 11.5. The van der Waals surface area contributed by atoms with Crippen LogP contribution in [0.1, 0.15) is 11.1 Å². The average Bonchev–Trinajstić information content (AvgIpc) is 2.43. The summed E-state index contributed by atoms with van der Waals surface area (Å²) in [4.78, 5) is 3.98. The van der Waals surface area contributed by atoms with Crippen LogP contribution in [0.2, 0.25) is 5.02 Å². The summed E-state index contributed by atoms with van der Waals surface area (Å²) < 4.78 is 26.9. The van der Waals surface area contributed by atoms with E-state index in [1.165, 1.54) is 12.1 Å². The Kier molecular flexibility index (Phi) is 4.27. The third-order valence-electron chi connectivity index (χ3n) is 2.78. The smallest absolute Gasteiger partial charge is 0.240 e. The second-order valence-electron chi connectivity index (χ2n) is 4.32. The molecule has 20 heavy (non-hydrogen) atoms. The van der Waals surface area contributed by atoms with Gasteiger partial charge in [-0.25, -0.2) is 13.1 Å². The molecule has 5 nitrogen and oxygen atoms in total. The van der Waals surface area contributed by atoms with Crippen molar-refractivity contribution in [2.75, 3.05) is 5.73 Å². The molecule has 106 valence electrons. The predicted octanol–water partition coefficient (Wildman–Crippen LogP) is 2.10. The maximum Gasteiger partial charge on any atom is 0.240 e. The van der Waals surface area contributed by atoms with Gasteiger partial charge in [0.15, 0.2) is 0 Å². The summed E-state index contributed by atoms with van der Waals surface area (Å²) in [6.07, 6.45) is 3.21. The number of nitrogens with zero attached hydrogens (tertiary/aromatic N) is 1. The van der Waals surface area contributed by atoms with Crippen molar-refractivity contribution in [1.82, 2.24) is 9.71 Å². The number of nitrogens with one attached hydrogen (secondary N) is 1. The first-order valence-electron chi connectivity index (χ1n) is 5.84. The number of sulfonamides is 1. The van der Waals surface area contributed by atoms with Gasteiger partial charge in [0.1, 0.15) is 0 Å². The summed E-state index contributed by atoms with van der Waals surface area (Å²) in [6, 6.07) is 6.33. The molecule has 2 rings (SSSR count). The summed E-state index contributed by atoms with van der Waals surface area (Å²) in [5.74, 6) is 0. The number of pyridine rings is 1. The van der Waals surface area contributed by atoms with Gasteiger partial charge in [-0.1, -0.05) is 11.6 Å². The first-order chi connectivity index (χ1) is 9.40. The number of hydrogen-bond donors (Lipinski definition) is 2. The molecule has 2 aromatic rings. The summed E-state index contributed by atoms with van der Waals surface area (Å²) in [6.45, 7) is 1.90. The van der Waals surface area contributed by atoms with Gasteiger partial charge in [-0.05, 0) is 42.3 Å². The van der Waals surface area contributed by atoms with Crippen molar-refractivity contribution in [3.05, 3.63) is 52.8 Å². The molecule has 0 aliphatic carbocycles. The van der Waals surface area contributed by atoms with Crippen molar-refractivity contribution in [3.63, 3.8) is 0 Å². The molecule has 0 radical (unpaired) electrons. The van der Waals surface area contributed by atoms with Crippen LogP contribution in [0.5, 0.6) is 0 Å². The maximum atomic E-state index is 12.2. The number of aryl methyl sites for hydroxylation is 1. The first kappa shape index (κ1) is 14.8. The van der Waals surface area contributed by atoms with Crippen LogP contribution in [-0.2, 0) is 16.6 Å². The molecule has 1 aromatic heterocycles. The minimum absolute atomic E-state index is 0.103. The quantitative estimate of drug-likeness (QED) is 0.847. The van der Waals surface area contributed by atoms with E-state index in [0.29, 0.717) is 10.6 Å². The van der Waals surface area contributed by atoms with Crippen LogP contribution in [0.15, 0.2) is 41.6 Å². The number of aromatic nitrogens is 1. The van der Waals surface area contributed by atoms with Gasteiger partial charge in [0.25, 0.3) is 0 Å². The van der Waals surface area contributed by atoms with Crippen molar-refractivity contribution in [3.8, 4) is 0 Å². The number of benzene rings is 1. The number of nitrogens with two attached hydrogens (primary N) is 1. The summed E-state index contributed by atoms with van der Waals surface area (Å²) in [5, 5.41) is 0.373. The molecule has 1 aromatic carbocycles. The summed E-state index contributed by atoms with van der Waals surface area (Å²) in [7, 11) is -3.63. The van der Waals surface area contributed by atoms with E-state index in [0.717, 1.165) is 5.56 Å². The molecule has 0 amide bonds. The van der Waals surface area contributed by atoms with Crippen LogP contribution in [0.25, 0.3) is 0 Å². The topological polar surface area (TPSA) is 85.1 Å². The predicted molar refractivity (Wildman–Crippen MR) is 78.9 cm³/mol. The zero-order chi connectivity index (χ0) is 14.8. The fourth-order valence-corrected chi connectivity index (χ4v) is 2.93. The third-order valence-corrected chi connectivity index (χ3v) is 4.68. The molecule has 0 saturated heterocycles. The number of rotatable bonds is 4. The van der Waals surface area contributed by atoms with Crippen molar-refractivity contribution in [2.45, 2.75) is 18.4 Å². The molecule has 0 aliphatic heterocycles. The summed E-state index contributed by atoms with van der Waals surface area (Å²) >= 11 is 5.93. The average molecular weight is 312 g/mol. The standard InChI is InChI=1S/C13H14ClN3O2S/c1-9-6-11(7-12(15)13(9)14)20(18,19)17-8-10-2-4-16-5-3-10/h2-7,17H,8,15H2,1H3. The highest BCUT2D eigenvalue weighted by Crippen LogP contribution is 2.26. The Morgan fingerprint density at radius 1 is 1.30 bits per heavy atom. The van der Waals surface area contributed by atoms with E-state index in [2.05, 4.69) is 9.71 Å².